The van der Waals surface area contributed by atoms with Crippen molar-refractivity contribution in [1.29, 1.82) is 0 Å². The average Bonchev–Trinajstić information content (AvgIpc) is 2.93. The van der Waals surface area contributed by atoms with Crippen LogP contribution < -0.4 is 10.6 Å². The van der Waals surface area contributed by atoms with Crippen molar-refractivity contribution < 1.29 is 4.74 Å². The minimum atomic E-state index is 0.830. The molecule has 1 heterocycles. The molecule has 0 saturated carbocycles. The van der Waals surface area contributed by atoms with Crippen LogP contribution in [0.1, 0.15) is 39.0 Å². The van der Waals surface area contributed by atoms with E-state index in [0.717, 1.165) is 39.4 Å². The number of hydrogen-bond acceptors (Lipinski definition) is 4. The van der Waals surface area contributed by atoms with Gasteiger partial charge in [0.05, 0.1) is 13.2 Å². The topological polar surface area (TPSA) is 36.5 Å². The summed E-state index contributed by atoms with van der Waals surface area (Å²) in [6, 6.07) is 0. The summed E-state index contributed by atoms with van der Waals surface area (Å²) in [6.07, 6.45) is 6.67. The Labute approximate surface area is 119 Å². The SMILES string of the molecule is CCCCCNCCOCCNCCN1CCCC1. The van der Waals surface area contributed by atoms with Crippen LogP contribution in [0.3, 0.4) is 0 Å². The van der Waals surface area contributed by atoms with Gasteiger partial charge in [-0.3, -0.25) is 0 Å². The number of ether oxygens (including phenoxy) is 1. The monoisotopic (exact) mass is 271 g/mol. The smallest absolute Gasteiger partial charge is 0.0591 e. The lowest BCUT2D eigenvalue weighted by molar-refractivity contribution is 0.137. The highest BCUT2D eigenvalue weighted by molar-refractivity contribution is 4.66. The maximum atomic E-state index is 5.57. The Morgan fingerprint density at radius 1 is 0.895 bits per heavy atom. The first-order valence-electron chi connectivity index (χ1n) is 8.15. The molecule has 1 saturated heterocycles. The molecule has 0 unspecified atom stereocenters. The van der Waals surface area contributed by atoms with Crippen LogP contribution in [0.5, 0.6) is 0 Å². The van der Waals surface area contributed by atoms with Crippen molar-refractivity contribution in [2.45, 2.75) is 39.0 Å². The van der Waals surface area contributed by atoms with Gasteiger partial charge in [0.25, 0.3) is 0 Å². The van der Waals surface area contributed by atoms with E-state index in [1.165, 1.54) is 51.7 Å². The Balaban J connectivity index is 1.67. The van der Waals surface area contributed by atoms with Crippen LogP contribution in [0.2, 0.25) is 0 Å². The zero-order chi connectivity index (χ0) is 13.6. The van der Waals surface area contributed by atoms with Gasteiger partial charge in [0.1, 0.15) is 0 Å². The quantitative estimate of drug-likeness (QED) is 0.497. The van der Waals surface area contributed by atoms with Crippen molar-refractivity contribution in [3.8, 4) is 0 Å². The van der Waals surface area contributed by atoms with Gasteiger partial charge in [-0.1, -0.05) is 19.8 Å². The Hall–Kier alpha value is -0.160. The molecular weight excluding hydrogens is 238 g/mol. The standard InChI is InChI=1S/C15H33N3O/c1-2-3-4-7-16-9-14-19-15-10-17-8-13-18-11-5-6-12-18/h16-17H,2-15H2,1H3. The lowest BCUT2D eigenvalue weighted by Crippen LogP contribution is -2.32. The molecule has 1 fully saturated rings. The van der Waals surface area contributed by atoms with Crippen molar-refractivity contribution in [2.75, 3.05) is 59.0 Å². The van der Waals surface area contributed by atoms with E-state index in [9.17, 15) is 0 Å². The minimum Gasteiger partial charge on any atom is -0.379 e. The maximum Gasteiger partial charge on any atom is 0.0591 e. The summed E-state index contributed by atoms with van der Waals surface area (Å²) < 4.78 is 5.57. The molecule has 114 valence electrons. The van der Waals surface area contributed by atoms with E-state index < -0.39 is 0 Å². The van der Waals surface area contributed by atoms with Crippen molar-refractivity contribution in [3.05, 3.63) is 0 Å². The number of hydrogen-bond donors (Lipinski definition) is 2. The van der Waals surface area contributed by atoms with E-state index in [-0.39, 0.29) is 0 Å². The third-order valence-electron chi connectivity index (χ3n) is 3.61. The maximum absolute atomic E-state index is 5.57. The first-order chi connectivity index (χ1) is 9.43. The summed E-state index contributed by atoms with van der Waals surface area (Å²) in [7, 11) is 0. The van der Waals surface area contributed by atoms with Gasteiger partial charge in [-0.05, 0) is 38.9 Å². The second-order valence-electron chi connectivity index (χ2n) is 5.37. The van der Waals surface area contributed by atoms with Crippen LogP contribution >= 0.6 is 0 Å². The first-order valence-corrected chi connectivity index (χ1v) is 8.15. The van der Waals surface area contributed by atoms with Crippen LogP contribution in [0, 0.1) is 0 Å². The summed E-state index contributed by atoms with van der Waals surface area (Å²) in [5.74, 6) is 0. The van der Waals surface area contributed by atoms with Crippen LogP contribution in [-0.4, -0.2) is 63.9 Å². The second kappa shape index (κ2) is 12.9. The van der Waals surface area contributed by atoms with Crippen LogP contribution in [0.4, 0.5) is 0 Å². The normalized spacial score (nSPS) is 16.3. The Morgan fingerprint density at radius 3 is 2.26 bits per heavy atom. The van der Waals surface area contributed by atoms with Gasteiger partial charge < -0.3 is 20.3 Å². The number of likely N-dealkylation sites (tertiary alicyclic amines) is 1. The van der Waals surface area contributed by atoms with Gasteiger partial charge in [-0.25, -0.2) is 0 Å². The highest BCUT2D eigenvalue weighted by Gasteiger charge is 2.09. The zero-order valence-electron chi connectivity index (χ0n) is 12.8. The van der Waals surface area contributed by atoms with Crippen molar-refractivity contribution in [2.24, 2.45) is 0 Å². The fraction of sp³-hybridized carbons (Fsp3) is 1.00. The average molecular weight is 271 g/mol. The highest BCUT2D eigenvalue weighted by Crippen LogP contribution is 2.05. The molecule has 0 amide bonds. The number of nitrogens with one attached hydrogen (secondary N) is 2. The first kappa shape index (κ1) is 16.9. The van der Waals surface area contributed by atoms with E-state index in [4.69, 9.17) is 4.74 Å². The molecule has 1 aliphatic rings. The van der Waals surface area contributed by atoms with Crippen LogP contribution in [0.15, 0.2) is 0 Å². The van der Waals surface area contributed by atoms with E-state index in [1.807, 2.05) is 0 Å². The van der Waals surface area contributed by atoms with Crippen LogP contribution in [0.25, 0.3) is 0 Å². The van der Waals surface area contributed by atoms with Crippen molar-refractivity contribution in [3.63, 3.8) is 0 Å². The Kier molecular flexibility index (Phi) is 11.4. The molecular formula is C15H33N3O. The van der Waals surface area contributed by atoms with Gasteiger partial charge in [0, 0.05) is 26.2 Å². The van der Waals surface area contributed by atoms with Crippen LogP contribution in [-0.2, 0) is 4.74 Å². The molecule has 0 aromatic rings. The summed E-state index contributed by atoms with van der Waals surface area (Å²) in [6.45, 7) is 11.9. The Bertz CT molecular complexity index is 184. The molecule has 4 nitrogen and oxygen atoms in total. The van der Waals surface area contributed by atoms with Crippen molar-refractivity contribution in [1.82, 2.24) is 15.5 Å². The third kappa shape index (κ3) is 10.3. The molecule has 19 heavy (non-hydrogen) atoms. The molecule has 0 aromatic heterocycles. The molecule has 1 aliphatic heterocycles. The van der Waals surface area contributed by atoms with Gasteiger partial charge in [-0.2, -0.15) is 0 Å². The minimum absolute atomic E-state index is 0.830. The summed E-state index contributed by atoms with van der Waals surface area (Å²) in [5, 5.41) is 6.85. The largest absolute Gasteiger partial charge is 0.379 e. The summed E-state index contributed by atoms with van der Waals surface area (Å²) >= 11 is 0. The number of nitrogens with zero attached hydrogens (tertiary/aromatic N) is 1. The van der Waals surface area contributed by atoms with Crippen molar-refractivity contribution >= 4 is 0 Å². The lowest BCUT2D eigenvalue weighted by Gasteiger charge is -2.14. The van der Waals surface area contributed by atoms with Gasteiger partial charge in [-0.15, -0.1) is 0 Å². The fourth-order valence-corrected chi connectivity index (χ4v) is 2.38. The molecule has 0 aliphatic carbocycles. The summed E-state index contributed by atoms with van der Waals surface area (Å²) in [4.78, 5) is 2.54. The molecule has 0 radical (unpaired) electrons. The second-order valence-corrected chi connectivity index (χ2v) is 5.37. The molecule has 0 aromatic carbocycles. The highest BCUT2D eigenvalue weighted by atomic mass is 16.5. The predicted octanol–water partition coefficient (Wildman–Crippen LogP) is 1.47. The molecule has 4 heteroatoms. The number of unbranched alkanes of at least 4 members (excludes halogenated alkanes) is 2. The molecule has 1 rings (SSSR count). The molecule has 0 spiro atoms. The Morgan fingerprint density at radius 2 is 1.58 bits per heavy atom. The van der Waals surface area contributed by atoms with Gasteiger partial charge in [0.2, 0.25) is 0 Å². The molecule has 2 N–H and O–H groups in total. The predicted molar refractivity (Wildman–Crippen MR) is 81.8 cm³/mol. The van der Waals surface area contributed by atoms with E-state index in [2.05, 4.69) is 22.5 Å². The van der Waals surface area contributed by atoms with E-state index >= 15 is 0 Å². The fourth-order valence-electron chi connectivity index (χ4n) is 2.38. The molecule has 0 atom stereocenters. The number of rotatable bonds is 13. The lowest BCUT2D eigenvalue weighted by atomic mass is 10.2. The van der Waals surface area contributed by atoms with Gasteiger partial charge >= 0.3 is 0 Å². The molecule has 0 bridgehead atoms. The van der Waals surface area contributed by atoms with E-state index in [1.54, 1.807) is 0 Å². The summed E-state index contributed by atoms with van der Waals surface area (Å²) in [5.41, 5.74) is 0. The third-order valence-corrected chi connectivity index (χ3v) is 3.61. The van der Waals surface area contributed by atoms with Gasteiger partial charge in [0.15, 0.2) is 0 Å². The zero-order valence-corrected chi connectivity index (χ0v) is 12.8. The van der Waals surface area contributed by atoms with E-state index in [0.29, 0.717) is 0 Å².